The Hall–Kier alpha value is -0.223. The van der Waals surface area contributed by atoms with E-state index in [-0.39, 0.29) is 0 Å². The molecule has 0 aromatic rings. The molecule has 0 radical (unpaired) electrons. The van der Waals surface area contributed by atoms with Gasteiger partial charge in [0.1, 0.15) is 0 Å². The van der Waals surface area contributed by atoms with Crippen LogP contribution in [-0.4, -0.2) is 10.2 Å². The maximum Gasteiger partial charge on any atom is 0.0178 e. The summed E-state index contributed by atoms with van der Waals surface area (Å²) in [6.07, 6.45) is 5.07. The first-order valence-electron chi connectivity index (χ1n) is 3.87. The van der Waals surface area contributed by atoms with Crippen molar-refractivity contribution < 1.29 is 0 Å². The second-order valence-electron chi connectivity index (χ2n) is 2.16. The van der Waals surface area contributed by atoms with E-state index in [9.17, 15) is 0 Å². The molecule has 0 aromatic heterocycles. The third kappa shape index (κ3) is 7.78. The van der Waals surface area contributed by atoms with Gasteiger partial charge in [-0.05, 0) is 12.5 Å². The van der Waals surface area contributed by atoms with Crippen LogP contribution in [-0.2, 0) is 0 Å². The zero-order chi connectivity index (χ0) is 6.95. The number of hydrogen-bond acceptors (Lipinski definition) is 0. The van der Waals surface area contributed by atoms with E-state index in [2.05, 4.69) is 18.8 Å². The Bertz CT molecular complexity index is 96.9. The molecule has 0 unspecified atom stereocenters. The molecule has 0 spiro atoms. The van der Waals surface area contributed by atoms with E-state index in [4.69, 9.17) is 0 Å². The first-order valence-corrected chi connectivity index (χ1v) is 5.29. The van der Waals surface area contributed by atoms with E-state index in [0.717, 1.165) is 12.5 Å². The Labute approximate surface area is 61.5 Å². The maximum absolute atomic E-state index is 3.15. The Morgan fingerprint density at radius 3 is 2.56 bits per heavy atom. The second kappa shape index (κ2) is 7.78. The van der Waals surface area contributed by atoms with Crippen LogP contribution < -0.4 is 0 Å². The largest absolute Gasteiger partial charge is 0.107 e. The maximum atomic E-state index is 3.15. The molecule has 0 amide bonds. The minimum Gasteiger partial charge on any atom is -0.107 e. The van der Waals surface area contributed by atoms with E-state index in [0.29, 0.717) is 0 Å². The van der Waals surface area contributed by atoms with Gasteiger partial charge in [-0.1, -0.05) is 19.8 Å². The Balaban J connectivity index is 2.90. The highest BCUT2D eigenvalue weighted by Gasteiger charge is 1.78. The van der Waals surface area contributed by atoms with Crippen molar-refractivity contribution in [3.05, 3.63) is 0 Å². The molecule has 0 heterocycles. The molecule has 9 heavy (non-hydrogen) atoms. The second-order valence-corrected chi connectivity index (χ2v) is 2.87. The zero-order valence-corrected chi connectivity index (χ0v) is 8.54. The van der Waals surface area contributed by atoms with Crippen molar-refractivity contribution in [2.45, 2.75) is 38.7 Å². The van der Waals surface area contributed by atoms with Crippen molar-refractivity contribution in [1.29, 1.82) is 0 Å². The van der Waals surface area contributed by atoms with Gasteiger partial charge in [-0.15, -0.1) is 11.8 Å². The van der Waals surface area contributed by atoms with Crippen LogP contribution in [0.25, 0.3) is 0 Å². The molecule has 0 N–H and O–H groups in total. The monoisotopic (exact) mass is 140 g/mol. The smallest absolute Gasteiger partial charge is 0.0178 e. The van der Waals surface area contributed by atoms with Gasteiger partial charge >= 0.3 is 0 Å². The van der Waals surface area contributed by atoms with Gasteiger partial charge in [-0.2, -0.15) is 0 Å². The molecular weight excluding hydrogens is 124 g/mol. The lowest BCUT2D eigenvalue weighted by atomic mass is 10.2. The molecule has 0 aliphatic heterocycles. The molecule has 0 rings (SSSR count). The van der Waals surface area contributed by atoms with Crippen LogP contribution in [0.15, 0.2) is 0 Å². The van der Waals surface area contributed by atoms with Crippen LogP contribution in [0.3, 0.4) is 0 Å². The van der Waals surface area contributed by atoms with Gasteiger partial charge in [0.05, 0.1) is 0 Å². The van der Waals surface area contributed by atoms with Gasteiger partial charge < -0.3 is 0 Å². The van der Waals surface area contributed by atoms with Gasteiger partial charge in [0.25, 0.3) is 0 Å². The summed E-state index contributed by atoms with van der Waals surface area (Å²) >= 11 is 0. The standard InChI is InChI=1S/C8H16Si/c1-2-3-4-5-6-7-8-9/h2-5,8H2,1,9H3. The third-order valence-corrected chi connectivity index (χ3v) is 1.56. The highest BCUT2D eigenvalue weighted by molar-refractivity contribution is 6.10. The van der Waals surface area contributed by atoms with Crippen LogP contribution >= 0.6 is 0 Å². The fourth-order valence-electron chi connectivity index (χ4n) is 0.677. The lowest BCUT2D eigenvalue weighted by molar-refractivity contribution is 0.737. The summed E-state index contributed by atoms with van der Waals surface area (Å²) in [6.45, 7) is 2.22. The number of unbranched alkanes of at least 4 members (excludes halogenated alkanes) is 3. The minimum absolute atomic E-state index is 1.12. The average Bonchev–Trinajstić information content (AvgIpc) is 1.89. The molecular formula is C8H16Si. The molecule has 0 nitrogen and oxygen atoms in total. The first kappa shape index (κ1) is 8.78. The molecule has 0 aliphatic carbocycles. The summed E-state index contributed by atoms with van der Waals surface area (Å²) in [6, 6.07) is 1.14. The van der Waals surface area contributed by atoms with Gasteiger partial charge in [0.2, 0.25) is 0 Å². The van der Waals surface area contributed by atoms with Crippen LogP contribution in [0.4, 0.5) is 0 Å². The minimum atomic E-state index is 1.12. The molecule has 0 bridgehead atoms. The van der Waals surface area contributed by atoms with Crippen molar-refractivity contribution in [3.8, 4) is 11.8 Å². The first-order chi connectivity index (χ1) is 4.41. The van der Waals surface area contributed by atoms with E-state index in [1.54, 1.807) is 0 Å². The van der Waals surface area contributed by atoms with Gasteiger partial charge in [0, 0.05) is 16.7 Å². The van der Waals surface area contributed by atoms with E-state index in [1.165, 1.54) is 29.5 Å². The Morgan fingerprint density at radius 1 is 1.22 bits per heavy atom. The molecule has 0 saturated carbocycles. The van der Waals surface area contributed by atoms with E-state index < -0.39 is 0 Å². The van der Waals surface area contributed by atoms with Crippen LogP contribution in [0.1, 0.15) is 32.6 Å². The summed E-state index contributed by atoms with van der Waals surface area (Å²) in [4.78, 5) is 0. The summed E-state index contributed by atoms with van der Waals surface area (Å²) in [5.74, 6) is 6.27. The summed E-state index contributed by atoms with van der Waals surface area (Å²) in [5, 5.41) is 0. The molecule has 0 saturated heterocycles. The summed E-state index contributed by atoms with van der Waals surface area (Å²) in [7, 11) is 1.23. The van der Waals surface area contributed by atoms with Gasteiger partial charge in [-0.25, -0.2) is 0 Å². The van der Waals surface area contributed by atoms with E-state index >= 15 is 0 Å². The topological polar surface area (TPSA) is 0 Å². The van der Waals surface area contributed by atoms with Crippen LogP contribution in [0.2, 0.25) is 6.04 Å². The van der Waals surface area contributed by atoms with Crippen molar-refractivity contribution in [3.63, 3.8) is 0 Å². The fraction of sp³-hybridized carbons (Fsp3) is 0.750. The Morgan fingerprint density at radius 2 is 2.00 bits per heavy atom. The third-order valence-electron chi connectivity index (χ3n) is 1.21. The Kier molecular flexibility index (Phi) is 7.58. The molecule has 52 valence electrons. The lowest BCUT2D eigenvalue weighted by Gasteiger charge is -1.87. The molecule has 0 fully saturated rings. The molecule has 1 heteroatoms. The quantitative estimate of drug-likeness (QED) is 0.315. The average molecular weight is 140 g/mol. The number of rotatable bonds is 3. The highest BCUT2D eigenvalue weighted by atomic mass is 28.1. The predicted molar refractivity (Wildman–Crippen MR) is 46.7 cm³/mol. The summed E-state index contributed by atoms with van der Waals surface area (Å²) < 4.78 is 0. The van der Waals surface area contributed by atoms with Crippen molar-refractivity contribution in [1.82, 2.24) is 0 Å². The summed E-state index contributed by atoms with van der Waals surface area (Å²) in [5.41, 5.74) is 0. The molecule has 0 aromatic carbocycles. The lowest BCUT2D eigenvalue weighted by Crippen LogP contribution is -1.70. The number of hydrogen-bond donors (Lipinski definition) is 0. The molecule has 0 aliphatic rings. The fourth-order valence-corrected chi connectivity index (χ4v) is 0.927. The highest BCUT2D eigenvalue weighted by Crippen LogP contribution is 1.96. The predicted octanol–water partition coefficient (Wildman–Crippen LogP) is 1.35. The van der Waals surface area contributed by atoms with Crippen LogP contribution in [0, 0.1) is 11.8 Å². The SMILES string of the molecule is CCCCCC#CC[SiH3]. The normalized spacial score (nSPS) is 8.56. The van der Waals surface area contributed by atoms with Crippen molar-refractivity contribution in [2.24, 2.45) is 0 Å². The molecule has 0 atom stereocenters. The van der Waals surface area contributed by atoms with Gasteiger partial charge in [-0.3, -0.25) is 0 Å². The van der Waals surface area contributed by atoms with Gasteiger partial charge in [0.15, 0.2) is 0 Å². The van der Waals surface area contributed by atoms with Crippen molar-refractivity contribution in [2.75, 3.05) is 0 Å². The van der Waals surface area contributed by atoms with E-state index in [1.807, 2.05) is 0 Å². The zero-order valence-electron chi connectivity index (χ0n) is 6.54. The van der Waals surface area contributed by atoms with Crippen LogP contribution in [0.5, 0.6) is 0 Å². The van der Waals surface area contributed by atoms with Crippen molar-refractivity contribution >= 4 is 10.2 Å².